The lowest BCUT2D eigenvalue weighted by molar-refractivity contribution is -0.919. The molecule has 0 fully saturated rings. The summed E-state index contributed by atoms with van der Waals surface area (Å²) in [5, 5.41) is 6.80. The number of nitrogens with zero attached hydrogens (tertiary/aromatic N) is 1. The summed E-state index contributed by atoms with van der Waals surface area (Å²) in [5.74, 6) is -0.136. The van der Waals surface area contributed by atoms with Crippen molar-refractivity contribution in [1.82, 2.24) is 10.2 Å². The van der Waals surface area contributed by atoms with Crippen LogP contribution in [0, 0.1) is 0 Å². The summed E-state index contributed by atoms with van der Waals surface area (Å²) < 4.78 is 0. The number of likely N-dealkylation sites (N-methyl/N-ethyl adjacent to an activating group) is 2. The molecule has 2 N–H and O–H groups in total. The van der Waals surface area contributed by atoms with E-state index in [1.54, 1.807) is 25.4 Å². The third-order valence-electron chi connectivity index (χ3n) is 4.46. The Kier molecular flexibility index (Phi) is 5.33. The number of carbonyl (C=O) groups excluding carboxylic acids is 2. The van der Waals surface area contributed by atoms with Crippen LogP contribution in [0.25, 0.3) is 0 Å². The van der Waals surface area contributed by atoms with E-state index in [-0.39, 0.29) is 24.4 Å². The quantitative estimate of drug-likeness (QED) is 0.814. The monoisotopic (exact) mass is 364 g/mol. The normalized spacial score (nSPS) is 19.6. The molecule has 24 heavy (non-hydrogen) atoms. The lowest BCUT2D eigenvalue weighted by atomic mass is 9.98. The van der Waals surface area contributed by atoms with Crippen LogP contribution in [0.5, 0.6) is 0 Å². The second-order valence-corrected chi connectivity index (χ2v) is 7.99. The highest BCUT2D eigenvalue weighted by atomic mass is 32.1. The Morgan fingerprint density at radius 2 is 2.17 bits per heavy atom. The van der Waals surface area contributed by atoms with Gasteiger partial charge >= 0.3 is 0 Å². The van der Waals surface area contributed by atoms with E-state index in [0.717, 1.165) is 13.0 Å². The zero-order valence-corrected chi connectivity index (χ0v) is 15.5. The summed E-state index contributed by atoms with van der Waals surface area (Å²) in [5.41, 5.74) is 1.35. The van der Waals surface area contributed by atoms with E-state index in [2.05, 4.69) is 34.3 Å². The summed E-state index contributed by atoms with van der Waals surface area (Å²) in [4.78, 5) is 29.6. The Morgan fingerprint density at radius 3 is 2.88 bits per heavy atom. The van der Waals surface area contributed by atoms with Crippen molar-refractivity contribution in [3.63, 3.8) is 0 Å². The summed E-state index contributed by atoms with van der Waals surface area (Å²) in [6, 6.07) is 6.64. The minimum atomic E-state index is -0.144. The molecule has 0 radical (unpaired) electrons. The number of amides is 2. The lowest BCUT2D eigenvalue weighted by Crippen LogP contribution is -3.14. The van der Waals surface area contributed by atoms with Gasteiger partial charge < -0.3 is 15.1 Å². The van der Waals surface area contributed by atoms with Gasteiger partial charge in [0.25, 0.3) is 5.91 Å². The van der Waals surface area contributed by atoms with Crippen LogP contribution in [0.4, 0.5) is 0 Å². The third-order valence-corrected chi connectivity index (χ3v) is 6.40. The van der Waals surface area contributed by atoms with Crippen molar-refractivity contribution in [2.24, 2.45) is 0 Å². The first-order chi connectivity index (χ1) is 11.6. The number of hydrogen-bond donors (Lipinski definition) is 2. The van der Waals surface area contributed by atoms with E-state index in [9.17, 15) is 9.59 Å². The molecule has 2 aromatic heterocycles. The van der Waals surface area contributed by atoms with Gasteiger partial charge in [-0.3, -0.25) is 9.59 Å². The smallest absolute Gasteiger partial charge is 0.277 e. The maximum atomic E-state index is 12.6. The number of thiophene rings is 2. The molecule has 2 aromatic rings. The Hall–Kier alpha value is -1.70. The highest BCUT2D eigenvalue weighted by Gasteiger charge is 2.35. The van der Waals surface area contributed by atoms with Crippen LogP contribution >= 0.6 is 22.7 Å². The molecule has 1 aliphatic rings. The van der Waals surface area contributed by atoms with Crippen LogP contribution in [0.2, 0.25) is 0 Å². The second-order valence-electron chi connectivity index (χ2n) is 6.01. The largest absolute Gasteiger partial charge is 0.358 e. The van der Waals surface area contributed by atoms with Gasteiger partial charge in [0.2, 0.25) is 5.91 Å². The van der Waals surface area contributed by atoms with Gasteiger partial charge in [-0.1, -0.05) is 6.07 Å². The highest BCUT2D eigenvalue weighted by molar-refractivity contribution is 7.10. The van der Waals surface area contributed by atoms with Gasteiger partial charge in [0.1, 0.15) is 6.04 Å². The molecule has 128 valence electrons. The van der Waals surface area contributed by atoms with E-state index < -0.39 is 0 Å². The molecule has 5 nitrogen and oxygen atoms in total. The molecule has 0 saturated carbocycles. The van der Waals surface area contributed by atoms with Gasteiger partial charge in [-0.2, -0.15) is 0 Å². The highest BCUT2D eigenvalue weighted by Crippen LogP contribution is 2.31. The van der Waals surface area contributed by atoms with Crippen LogP contribution in [0.15, 0.2) is 29.0 Å². The fourth-order valence-electron chi connectivity index (χ4n) is 3.16. The number of quaternary nitrogens is 1. The van der Waals surface area contributed by atoms with Gasteiger partial charge in [-0.05, 0) is 22.9 Å². The summed E-state index contributed by atoms with van der Waals surface area (Å²) in [7, 11) is 3.28. The molecule has 7 heteroatoms. The molecule has 0 aromatic carbocycles. The van der Waals surface area contributed by atoms with E-state index in [0.29, 0.717) is 6.54 Å². The van der Waals surface area contributed by atoms with Crippen LogP contribution in [0.1, 0.15) is 21.4 Å². The van der Waals surface area contributed by atoms with E-state index in [1.165, 1.54) is 25.1 Å². The molecule has 0 saturated heterocycles. The third kappa shape index (κ3) is 3.53. The van der Waals surface area contributed by atoms with Gasteiger partial charge in [0.05, 0.1) is 18.0 Å². The molecule has 0 spiro atoms. The lowest BCUT2D eigenvalue weighted by Gasteiger charge is -2.32. The molecular formula is C17H22N3O2S2+. The molecule has 0 aliphatic carbocycles. The van der Waals surface area contributed by atoms with Crippen molar-refractivity contribution in [3.8, 4) is 0 Å². The topological polar surface area (TPSA) is 53.9 Å². The van der Waals surface area contributed by atoms with Crippen molar-refractivity contribution in [2.45, 2.75) is 12.5 Å². The molecule has 0 bridgehead atoms. The van der Waals surface area contributed by atoms with Crippen LogP contribution in [-0.4, -0.2) is 50.4 Å². The second kappa shape index (κ2) is 7.46. The van der Waals surface area contributed by atoms with Gasteiger partial charge in [-0.15, -0.1) is 22.7 Å². The molecule has 3 heterocycles. The predicted molar refractivity (Wildman–Crippen MR) is 96.6 cm³/mol. The molecule has 2 atom stereocenters. The SMILES string of the molecule is CNC(=O)CN(C)C(=O)C[NH+]1CCc2sccc2[C@H]1c1cccs1. The number of nitrogens with one attached hydrogen (secondary N) is 2. The Balaban J connectivity index is 1.77. The minimum absolute atomic E-state index is 0.00818. The Labute approximate surface area is 149 Å². The average molecular weight is 365 g/mol. The molecule has 3 rings (SSSR count). The fourth-order valence-corrected chi connectivity index (χ4v) is 4.98. The van der Waals surface area contributed by atoms with Crippen molar-refractivity contribution in [2.75, 3.05) is 33.7 Å². The molecule has 2 amide bonds. The van der Waals surface area contributed by atoms with Crippen molar-refractivity contribution < 1.29 is 14.5 Å². The number of rotatable bonds is 5. The first-order valence-corrected chi connectivity index (χ1v) is 9.75. The van der Waals surface area contributed by atoms with E-state index >= 15 is 0 Å². The number of fused-ring (bicyclic) bond motifs is 1. The van der Waals surface area contributed by atoms with Crippen molar-refractivity contribution >= 4 is 34.5 Å². The Bertz CT molecular complexity index is 711. The van der Waals surface area contributed by atoms with Gasteiger partial charge in [-0.25, -0.2) is 0 Å². The van der Waals surface area contributed by atoms with Crippen molar-refractivity contribution in [3.05, 3.63) is 44.3 Å². The van der Waals surface area contributed by atoms with Gasteiger partial charge in [0.15, 0.2) is 6.54 Å². The summed E-state index contributed by atoms with van der Waals surface area (Å²) in [6.45, 7) is 1.46. The number of carbonyl (C=O) groups is 2. The summed E-state index contributed by atoms with van der Waals surface area (Å²) in [6.07, 6.45) is 1.01. The van der Waals surface area contributed by atoms with E-state index in [4.69, 9.17) is 0 Å². The minimum Gasteiger partial charge on any atom is -0.358 e. The maximum Gasteiger partial charge on any atom is 0.277 e. The molecular weight excluding hydrogens is 342 g/mol. The molecule has 1 aliphatic heterocycles. The fraction of sp³-hybridized carbons (Fsp3) is 0.412. The molecule has 1 unspecified atom stereocenters. The predicted octanol–water partition coefficient (Wildman–Crippen LogP) is 0.544. The van der Waals surface area contributed by atoms with Crippen LogP contribution in [-0.2, 0) is 16.0 Å². The average Bonchev–Trinajstić information content (AvgIpc) is 3.25. The van der Waals surface area contributed by atoms with E-state index in [1.807, 2.05) is 11.3 Å². The first kappa shape index (κ1) is 17.1. The van der Waals surface area contributed by atoms with Gasteiger partial charge in [0, 0.05) is 31.0 Å². The maximum absolute atomic E-state index is 12.6. The van der Waals surface area contributed by atoms with Crippen LogP contribution < -0.4 is 10.2 Å². The summed E-state index contributed by atoms with van der Waals surface area (Å²) >= 11 is 3.55. The zero-order chi connectivity index (χ0) is 17.1. The van der Waals surface area contributed by atoms with Crippen molar-refractivity contribution in [1.29, 1.82) is 0 Å². The zero-order valence-electron chi connectivity index (χ0n) is 13.9. The standard InChI is InChI=1S/C17H21N3O2S2/c1-18-15(21)10-19(2)16(22)11-20-7-5-13-12(6-9-24-13)17(20)14-4-3-8-23-14/h3-4,6,8-9,17H,5,7,10-11H2,1-2H3,(H,18,21)/p+1/t17-/m0/s1. The Morgan fingerprint density at radius 1 is 1.33 bits per heavy atom. The first-order valence-electron chi connectivity index (χ1n) is 7.99. The van der Waals surface area contributed by atoms with Crippen LogP contribution in [0.3, 0.4) is 0 Å². The number of hydrogen-bond acceptors (Lipinski definition) is 4.